The molecule has 0 aromatic carbocycles. The van der Waals surface area contributed by atoms with Crippen molar-refractivity contribution in [2.45, 2.75) is 204 Å². The average Bonchev–Trinajstić information content (AvgIpc) is 3.66. The molecule has 0 bridgehead atoms. The third-order valence-electron chi connectivity index (χ3n) is 16.1. The Hall–Kier alpha value is -1.76. The number of carbonyl (C=O) groups is 2. The van der Waals surface area contributed by atoms with Crippen molar-refractivity contribution in [2.75, 3.05) is 6.61 Å². The minimum atomic E-state index is -1.05. The molecule has 7 fully saturated rings. The molecule has 15 nitrogen and oxygen atoms in total. The highest BCUT2D eigenvalue weighted by Gasteiger charge is 2.71. The lowest BCUT2D eigenvalue weighted by Gasteiger charge is -2.63. The van der Waals surface area contributed by atoms with Gasteiger partial charge < -0.3 is 63.4 Å². The molecule has 3 saturated heterocycles. The topological polar surface area (TPSA) is 209 Å². The monoisotopic (exact) mass is 822 g/mol. The summed E-state index contributed by atoms with van der Waals surface area (Å²) in [6.45, 7) is 11.3. The molecule has 8 aliphatic rings. The van der Waals surface area contributed by atoms with E-state index in [0.29, 0.717) is 18.3 Å². The van der Waals surface area contributed by atoms with Gasteiger partial charge in [-0.3, -0.25) is 4.79 Å². The van der Waals surface area contributed by atoms with E-state index < -0.39 is 90.9 Å². The molecular formula is C43H66O15. The third kappa shape index (κ3) is 7.60. The van der Waals surface area contributed by atoms with Gasteiger partial charge in [-0.15, -0.1) is 0 Å². The molecule has 0 aromatic heterocycles. The largest absolute Gasteiger partial charge is 0.462 e. The van der Waals surface area contributed by atoms with Crippen LogP contribution in [0.25, 0.3) is 0 Å². The minimum Gasteiger partial charge on any atom is -0.462 e. The molecule has 328 valence electrons. The van der Waals surface area contributed by atoms with Crippen molar-refractivity contribution < 1.29 is 73.0 Å². The van der Waals surface area contributed by atoms with Crippen molar-refractivity contribution in [3.05, 3.63) is 11.6 Å². The summed E-state index contributed by atoms with van der Waals surface area (Å²) < 4.78 is 48.1. The number of esters is 2. The van der Waals surface area contributed by atoms with E-state index in [2.05, 4.69) is 13.8 Å². The van der Waals surface area contributed by atoms with E-state index in [1.807, 2.05) is 6.92 Å². The van der Waals surface area contributed by atoms with Gasteiger partial charge in [0.2, 0.25) is 0 Å². The Morgan fingerprint density at radius 2 is 1.36 bits per heavy atom. The van der Waals surface area contributed by atoms with E-state index in [9.17, 15) is 35.1 Å². The van der Waals surface area contributed by atoms with E-state index in [4.69, 9.17) is 37.9 Å². The number of hydrogen-bond donors (Lipinski definition) is 5. The first-order valence-electron chi connectivity index (χ1n) is 21.8. The van der Waals surface area contributed by atoms with Gasteiger partial charge in [0, 0.05) is 50.0 Å². The van der Waals surface area contributed by atoms with Gasteiger partial charge >= 0.3 is 11.9 Å². The number of hydrogen-bond acceptors (Lipinski definition) is 15. The summed E-state index contributed by atoms with van der Waals surface area (Å²) in [4.78, 5) is 24.4. The highest BCUT2D eigenvalue weighted by Crippen LogP contribution is 2.70. The molecule has 0 aromatic rings. The van der Waals surface area contributed by atoms with Crippen molar-refractivity contribution in [3.8, 4) is 0 Å². The van der Waals surface area contributed by atoms with Crippen molar-refractivity contribution in [1.29, 1.82) is 0 Å². The first kappa shape index (κ1) is 42.9. The van der Waals surface area contributed by atoms with Crippen molar-refractivity contribution in [3.63, 3.8) is 0 Å². The normalized spacial score (nSPS) is 53.2. The molecule has 0 radical (unpaired) electrons. The van der Waals surface area contributed by atoms with Gasteiger partial charge in [0.15, 0.2) is 18.9 Å². The zero-order valence-corrected chi connectivity index (χ0v) is 34.8. The van der Waals surface area contributed by atoms with Crippen molar-refractivity contribution in [1.82, 2.24) is 0 Å². The summed E-state index contributed by atoms with van der Waals surface area (Å²) >= 11 is 0. The molecule has 15 heteroatoms. The molecule has 58 heavy (non-hydrogen) atoms. The van der Waals surface area contributed by atoms with Crippen LogP contribution in [0, 0.1) is 34.5 Å². The van der Waals surface area contributed by atoms with Crippen LogP contribution in [0.3, 0.4) is 0 Å². The summed E-state index contributed by atoms with van der Waals surface area (Å²) in [5, 5.41) is 55.4. The number of ether oxygens (including phenoxy) is 8. The van der Waals surface area contributed by atoms with E-state index in [-0.39, 0.29) is 61.2 Å². The van der Waals surface area contributed by atoms with Crippen LogP contribution in [-0.4, -0.2) is 136 Å². The summed E-state index contributed by atoms with van der Waals surface area (Å²) in [7, 11) is 0. The lowest BCUT2D eigenvalue weighted by molar-refractivity contribution is -0.336. The van der Waals surface area contributed by atoms with E-state index in [0.717, 1.165) is 50.5 Å². The second-order valence-corrected chi connectivity index (χ2v) is 19.5. The van der Waals surface area contributed by atoms with Crippen LogP contribution in [0.5, 0.6) is 0 Å². The van der Waals surface area contributed by atoms with Gasteiger partial charge in [0.1, 0.15) is 31.0 Å². The standard InChI is InChI=1S/C43H66O15/c1-20-38(49)29(45)15-35(52-20)57-40-22(3)54-36(17-31(40)47)58-39-21(2)53-34(16-30(39)46)56-26-9-11-41(5)25(14-26)7-8-28-27(41)10-12-42(6)37(24-13-33(48)51-19-24)32(55-23(4)44)18-43(28,42)50/h13,20-22,25-32,34-40,45-47,49-50H,7-12,14-19H2,1-6H3/t20-,21?,22-,25-,26+,27+,28-,29+,30+,31+,32+,34+,35+,36+,37+,38-,39-,40-,41+,42-,43+/m1/s1. The van der Waals surface area contributed by atoms with Crippen LogP contribution in [-0.2, 0) is 47.5 Å². The molecule has 4 aliphatic carbocycles. The smallest absolute Gasteiger partial charge is 0.331 e. The van der Waals surface area contributed by atoms with E-state index >= 15 is 0 Å². The lowest BCUT2D eigenvalue weighted by Crippen LogP contribution is -2.62. The van der Waals surface area contributed by atoms with E-state index in [1.54, 1.807) is 13.8 Å². The van der Waals surface area contributed by atoms with Crippen LogP contribution in [0.4, 0.5) is 0 Å². The number of aliphatic hydroxyl groups is 5. The number of aliphatic hydroxyl groups excluding tert-OH is 4. The van der Waals surface area contributed by atoms with Crippen LogP contribution in [0.15, 0.2) is 11.6 Å². The Bertz CT molecular complexity index is 1520. The fourth-order valence-corrected chi connectivity index (χ4v) is 13.2. The van der Waals surface area contributed by atoms with Crippen LogP contribution in [0.2, 0.25) is 0 Å². The van der Waals surface area contributed by atoms with Crippen LogP contribution < -0.4 is 0 Å². The highest BCUT2D eigenvalue weighted by atomic mass is 16.7. The van der Waals surface area contributed by atoms with Gasteiger partial charge in [0.05, 0.1) is 48.3 Å². The molecule has 5 N–H and O–H groups in total. The van der Waals surface area contributed by atoms with Gasteiger partial charge in [-0.2, -0.15) is 0 Å². The SMILES string of the molecule is CC(=O)O[C@H]1C[C@]2(O)[C@@H]3CC[C@@H]4C[C@@H](O[C@H]5C[C@H](O)[C@H](O[C@H]6C[C@H](O)[C@H](O[C@H]7C[C@H](O)[C@H](O)[C@@H](C)O7)[C@@H](C)O6)C(C)O5)CC[C@]4(C)[C@H]3CC[C@]2(C)[C@H]1C1=CC(=O)OC1. The van der Waals surface area contributed by atoms with Gasteiger partial charge in [-0.25, -0.2) is 4.79 Å². The fraction of sp³-hybridized carbons (Fsp3) is 0.907. The molecule has 1 unspecified atom stereocenters. The van der Waals surface area contributed by atoms with Gasteiger partial charge in [-0.05, 0) is 94.5 Å². The molecule has 21 atom stereocenters. The average molecular weight is 823 g/mol. The van der Waals surface area contributed by atoms with Gasteiger partial charge in [-0.1, -0.05) is 13.8 Å². The Morgan fingerprint density at radius 3 is 1.93 bits per heavy atom. The Balaban J connectivity index is 0.848. The molecular weight excluding hydrogens is 756 g/mol. The Kier molecular flexibility index (Phi) is 12.0. The molecule has 8 rings (SSSR count). The summed E-state index contributed by atoms with van der Waals surface area (Å²) in [5.41, 5.74) is -0.805. The number of rotatable bonds is 8. The second-order valence-electron chi connectivity index (χ2n) is 19.5. The maximum atomic E-state index is 12.8. The summed E-state index contributed by atoms with van der Waals surface area (Å²) in [6, 6.07) is 0. The number of fused-ring (bicyclic) bond motifs is 5. The Morgan fingerprint density at radius 1 is 0.759 bits per heavy atom. The maximum absolute atomic E-state index is 12.8. The van der Waals surface area contributed by atoms with Crippen LogP contribution in [0.1, 0.15) is 112 Å². The predicted molar refractivity (Wildman–Crippen MR) is 202 cm³/mol. The molecule has 4 saturated carbocycles. The number of carbonyl (C=O) groups excluding carboxylic acids is 2. The first-order valence-corrected chi connectivity index (χ1v) is 21.8. The highest BCUT2D eigenvalue weighted by molar-refractivity contribution is 5.85. The van der Waals surface area contributed by atoms with Crippen LogP contribution >= 0.6 is 0 Å². The molecule has 0 spiro atoms. The third-order valence-corrected chi connectivity index (χ3v) is 16.1. The maximum Gasteiger partial charge on any atom is 0.331 e. The molecule has 4 heterocycles. The van der Waals surface area contributed by atoms with Gasteiger partial charge in [0.25, 0.3) is 0 Å². The zero-order chi connectivity index (χ0) is 41.5. The fourth-order valence-electron chi connectivity index (χ4n) is 13.2. The lowest BCUT2D eigenvalue weighted by atomic mass is 9.43. The molecule has 4 aliphatic heterocycles. The second kappa shape index (κ2) is 16.2. The minimum absolute atomic E-state index is 0.00291. The van der Waals surface area contributed by atoms with Crippen molar-refractivity contribution in [2.24, 2.45) is 34.5 Å². The first-order chi connectivity index (χ1) is 27.4. The van der Waals surface area contributed by atoms with E-state index in [1.165, 1.54) is 13.0 Å². The predicted octanol–water partition coefficient (Wildman–Crippen LogP) is 2.79. The van der Waals surface area contributed by atoms with Crippen molar-refractivity contribution >= 4 is 11.9 Å². The zero-order valence-electron chi connectivity index (χ0n) is 34.8. The summed E-state index contributed by atoms with van der Waals surface area (Å²) in [5.74, 6) is -0.330. The Labute approximate surface area is 341 Å². The molecule has 0 amide bonds. The summed E-state index contributed by atoms with van der Waals surface area (Å²) in [6.07, 6.45) is -1.36. The number of cyclic esters (lactones) is 1. The quantitative estimate of drug-likeness (QED) is 0.176.